The predicted molar refractivity (Wildman–Crippen MR) is 37.1 cm³/mol. The molecule has 0 spiro atoms. The van der Waals surface area contributed by atoms with Crippen LogP contribution in [0.5, 0.6) is 0 Å². The molecule has 0 heterocycles. The summed E-state index contributed by atoms with van der Waals surface area (Å²) >= 11 is 0.331. The molecule has 0 radical (unpaired) electrons. The molecule has 10 heteroatoms. The fourth-order valence-electron chi connectivity index (χ4n) is 0.0474. The summed E-state index contributed by atoms with van der Waals surface area (Å²) < 4.78 is 7.70. The fraction of sp³-hybridized carbons (Fsp3) is 0. The van der Waals surface area contributed by atoms with Gasteiger partial charge in [0, 0.05) is 0 Å². The maximum Gasteiger partial charge on any atom is 1.00 e. The van der Waals surface area contributed by atoms with E-state index >= 15 is 0 Å². The van der Waals surface area contributed by atoms with Gasteiger partial charge in [-0.25, -0.2) is 0 Å². The molecule has 0 aliphatic heterocycles. The Hall–Kier alpha value is -0.913. The molecule has 0 rings (SSSR count). The first-order chi connectivity index (χ1) is 5.15. The zero-order chi connectivity index (χ0) is 9.11. The first-order valence-corrected chi connectivity index (χ1v) is 2.68. The van der Waals surface area contributed by atoms with Gasteiger partial charge in [0.1, 0.15) is 0 Å². The summed E-state index contributed by atoms with van der Waals surface area (Å²) in [5.74, 6) is -0.333. The first kappa shape index (κ1) is 22.7. The van der Waals surface area contributed by atoms with Crippen LogP contribution in [0, 0.1) is 28.4 Å². The largest absolute Gasteiger partial charge is 1.00 e. The summed E-state index contributed by atoms with van der Waals surface area (Å²) in [5, 5.41) is 21.3. The van der Waals surface area contributed by atoms with Gasteiger partial charge in [-0.15, -0.1) is 10.5 Å². The van der Waals surface area contributed by atoms with E-state index in [0.717, 1.165) is 0 Å². The van der Waals surface area contributed by atoms with Gasteiger partial charge < -0.3 is 32.2 Å². The number of nitriles is 2. The third-order valence-corrected chi connectivity index (χ3v) is 0.428. The van der Waals surface area contributed by atoms with E-state index in [1.165, 1.54) is 12.5 Å². The number of rotatable bonds is 2. The van der Waals surface area contributed by atoms with Crippen LogP contribution in [0.2, 0.25) is 0 Å². The average Bonchev–Trinajstić information content (AvgIpc) is 1.88. The van der Waals surface area contributed by atoms with E-state index in [1.54, 1.807) is 0 Å². The van der Waals surface area contributed by atoms with Crippen molar-refractivity contribution in [3.8, 4) is 12.5 Å². The van der Waals surface area contributed by atoms with Crippen LogP contribution in [0.4, 0.5) is 0 Å². The van der Waals surface area contributed by atoms with Gasteiger partial charge in [-0.2, -0.15) is 0 Å². The van der Waals surface area contributed by atoms with Crippen LogP contribution in [0.1, 0.15) is 0 Å². The molecule has 5 N–H and O–H groups in total. The summed E-state index contributed by atoms with van der Waals surface area (Å²) in [5.41, 5.74) is 8.94. The number of nitrogens with one attached hydrogen (secondary N) is 1. The van der Waals surface area contributed by atoms with Crippen LogP contribution in [-0.4, -0.2) is 5.96 Å². The van der Waals surface area contributed by atoms with Crippen molar-refractivity contribution in [2.45, 2.75) is 0 Å². The van der Waals surface area contributed by atoms with Crippen molar-refractivity contribution in [3.05, 3.63) is 0 Å². The third-order valence-electron chi connectivity index (χ3n) is 0.143. The molecular formula is C3H5ClLiN5O2S. The van der Waals surface area contributed by atoms with Gasteiger partial charge in [0.2, 0.25) is 0 Å². The van der Waals surface area contributed by atoms with Crippen LogP contribution >= 0.6 is 12.3 Å². The van der Waals surface area contributed by atoms with Crippen molar-refractivity contribution in [1.29, 1.82) is 15.9 Å². The zero-order valence-electron chi connectivity index (χ0n) is 6.65. The summed E-state index contributed by atoms with van der Waals surface area (Å²) in [6.45, 7) is 0. The van der Waals surface area contributed by atoms with E-state index in [0.29, 0.717) is 12.3 Å². The molecule has 0 aromatic rings. The van der Waals surface area contributed by atoms with E-state index in [2.05, 4.69) is 19.8 Å². The smallest absolute Gasteiger partial charge is 1.00 e. The summed E-state index contributed by atoms with van der Waals surface area (Å²) in [7, 11) is 0. The standard InChI is InChI=1S/C2N2O2S.CH5N3.ClH.Li/c3-1-5-7-6-2-4;2-1(3)4;;/h;(H5,2,3,4);1H;/q;;;+1/p-1. The van der Waals surface area contributed by atoms with Gasteiger partial charge in [-0.3, -0.25) is 5.41 Å². The van der Waals surface area contributed by atoms with E-state index in [9.17, 15) is 0 Å². The predicted octanol–water partition coefficient (Wildman–Crippen LogP) is -6.61. The van der Waals surface area contributed by atoms with E-state index < -0.39 is 0 Å². The second-order valence-electron chi connectivity index (χ2n) is 0.873. The maximum atomic E-state index is 7.61. The van der Waals surface area contributed by atoms with Gasteiger partial charge in [0.25, 0.3) is 0 Å². The van der Waals surface area contributed by atoms with Crippen LogP contribution in [0.25, 0.3) is 0 Å². The Bertz CT molecular complexity index is 173. The van der Waals surface area contributed by atoms with Gasteiger partial charge in [-0.1, -0.05) is 0 Å². The van der Waals surface area contributed by atoms with Crippen molar-refractivity contribution in [2.75, 3.05) is 0 Å². The number of nitrogens with two attached hydrogens (primary N) is 2. The Morgan fingerprint density at radius 3 is 1.62 bits per heavy atom. The van der Waals surface area contributed by atoms with E-state index in [1.807, 2.05) is 0 Å². The van der Waals surface area contributed by atoms with Crippen molar-refractivity contribution in [3.63, 3.8) is 0 Å². The Labute approximate surface area is 97.8 Å². The number of guanidine groups is 1. The Kier molecular flexibility index (Phi) is 39.3. The monoisotopic (exact) mass is 217 g/mol. The van der Waals surface area contributed by atoms with Crippen molar-refractivity contribution in [2.24, 2.45) is 11.5 Å². The third kappa shape index (κ3) is 96.1. The second kappa shape index (κ2) is 22.5. The number of halogens is 1. The molecule has 0 aromatic heterocycles. The SMILES string of the molecule is N#COSOC#N.N=C(N)N.[Cl-].[Li+]. The molecule has 0 aliphatic rings. The molecular weight excluding hydrogens is 213 g/mol. The van der Waals surface area contributed by atoms with Crippen molar-refractivity contribution in [1.82, 2.24) is 0 Å². The molecule has 0 unspecified atom stereocenters. The molecule has 0 amide bonds. The molecule has 0 aromatic carbocycles. The summed E-state index contributed by atoms with van der Waals surface area (Å²) in [6, 6.07) is 0. The minimum atomic E-state index is -0.333. The molecule has 0 aliphatic carbocycles. The van der Waals surface area contributed by atoms with Gasteiger partial charge in [-0.05, 0) is 0 Å². The zero-order valence-corrected chi connectivity index (χ0v) is 8.22. The minimum Gasteiger partial charge on any atom is -1.00 e. The molecule has 0 saturated heterocycles. The van der Waals surface area contributed by atoms with Crippen molar-refractivity contribution >= 4 is 18.3 Å². The second-order valence-corrected chi connectivity index (χ2v) is 1.34. The van der Waals surface area contributed by atoms with Gasteiger partial charge in [0.15, 0.2) is 5.96 Å². The minimum absolute atomic E-state index is 0. The number of hydrogen-bond acceptors (Lipinski definition) is 6. The Balaban J connectivity index is -0.0000000600. The van der Waals surface area contributed by atoms with E-state index in [-0.39, 0.29) is 37.2 Å². The quantitative estimate of drug-likeness (QED) is 0.104. The fourth-order valence-corrected chi connectivity index (χ4v) is 0.142. The summed E-state index contributed by atoms with van der Waals surface area (Å²) in [4.78, 5) is 0. The molecule has 0 atom stereocenters. The van der Waals surface area contributed by atoms with Crippen LogP contribution in [-0.2, 0) is 8.37 Å². The first-order valence-electron chi connectivity index (χ1n) is 2.02. The van der Waals surface area contributed by atoms with Crippen molar-refractivity contribution < 1.29 is 39.6 Å². The molecule has 13 heavy (non-hydrogen) atoms. The normalized spacial score (nSPS) is 4.77. The average molecular weight is 218 g/mol. The maximum absolute atomic E-state index is 7.61. The molecule has 0 bridgehead atoms. The van der Waals surface area contributed by atoms with Crippen LogP contribution < -0.4 is 42.7 Å². The molecule has 7 nitrogen and oxygen atoms in total. The molecule has 0 saturated carbocycles. The Morgan fingerprint density at radius 1 is 1.23 bits per heavy atom. The van der Waals surface area contributed by atoms with Gasteiger partial charge >= 0.3 is 43.7 Å². The molecule has 0 fully saturated rings. The van der Waals surface area contributed by atoms with Crippen LogP contribution in [0.3, 0.4) is 0 Å². The number of hydrogen-bond donors (Lipinski definition) is 3. The molecule has 68 valence electrons. The topological polar surface area (TPSA) is 142 Å². The Morgan fingerprint density at radius 2 is 1.46 bits per heavy atom. The number of nitrogens with zero attached hydrogens (tertiary/aromatic N) is 2. The van der Waals surface area contributed by atoms with E-state index in [4.69, 9.17) is 15.9 Å². The van der Waals surface area contributed by atoms with Crippen LogP contribution in [0.15, 0.2) is 0 Å². The van der Waals surface area contributed by atoms with Gasteiger partial charge in [0.05, 0.1) is 0 Å². The summed E-state index contributed by atoms with van der Waals surface area (Å²) in [6.07, 6.45) is 2.58.